The Balaban J connectivity index is 1.36. The van der Waals surface area contributed by atoms with E-state index in [2.05, 4.69) is 5.32 Å². The van der Waals surface area contributed by atoms with Gasteiger partial charge in [-0.2, -0.15) is 0 Å². The lowest BCUT2D eigenvalue weighted by Gasteiger charge is -2.19. The summed E-state index contributed by atoms with van der Waals surface area (Å²) < 4.78 is 12.8. The summed E-state index contributed by atoms with van der Waals surface area (Å²) >= 11 is 0. The van der Waals surface area contributed by atoms with E-state index in [0.717, 1.165) is 19.3 Å². The fourth-order valence-electron chi connectivity index (χ4n) is 4.66. The van der Waals surface area contributed by atoms with E-state index in [9.17, 15) is 18.8 Å². The van der Waals surface area contributed by atoms with E-state index in [1.165, 1.54) is 29.2 Å². The molecule has 0 radical (unpaired) electrons. The van der Waals surface area contributed by atoms with Gasteiger partial charge in [0.1, 0.15) is 5.82 Å². The molecule has 4 rings (SSSR count). The first-order valence-corrected chi connectivity index (χ1v) is 8.45. The molecule has 24 heavy (non-hydrogen) atoms. The van der Waals surface area contributed by atoms with Crippen molar-refractivity contribution in [2.24, 2.45) is 23.7 Å². The molecule has 4 atom stereocenters. The number of hydrogen-bond acceptors (Lipinski definition) is 3. The van der Waals surface area contributed by atoms with Crippen LogP contribution in [0, 0.1) is 29.5 Å². The zero-order valence-electron chi connectivity index (χ0n) is 13.2. The second-order valence-electron chi connectivity index (χ2n) is 7.02. The van der Waals surface area contributed by atoms with Crippen LogP contribution in [-0.2, 0) is 14.4 Å². The van der Waals surface area contributed by atoms with Crippen molar-refractivity contribution in [2.45, 2.75) is 25.7 Å². The molecule has 0 spiro atoms. The van der Waals surface area contributed by atoms with Crippen molar-refractivity contribution in [1.29, 1.82) is 0 Å². The number of carbonyl (C=O) groups is 3. The van der Waals surface area contributed by atoms with Crippen LogP contribution in [0.5, 0.6) is 0 Å². The molecule has 0 unspecified atom stereocenters. The summed E-state index contributed by atoms with van der Waals surface area (Å²) in [5.74, 6) is -0.417. The van der Waals surface area contributed by atoms with Crippen LogP contribution >= 0.6 is 0 Å². The van der Waals surface area contributed by atoms with Crippen LogP contribution in [0.4, 0.5) is 10.1 Å². The number of halogens is 1. The number of anilines is 1. The molecule has 1 aromatic rings. The first kappa shape index (κ1) is 15.3. The first-order valence-electron chi connectivity index (χ1n) is 8.45. The van der Waals surface area contributed by atoms with Gasteiger partial charge < -0.3 is 5.32 Å². The minimum atomic E-state index is -0.373. The number of rotatable bonds is 4. The van der Waals surface area contributed by atoms with Gasteiger partial charge in [0.15, 0.2) is 0 Å². The average Bonchev–Trinajstić information content (AvgIpc) is 3.23. The number of nitrogens with zero attached hydrogens (tertiary/aromatic N) is 1. The number of likely N-dealkylation sites (tertiary alicyclic amines) is 1. The highest BCUT2D eigenvalue weighted by Crippen LogP contribution is 2.56. The van der Waals surface area contributed by atoms with Crippen LogP contribution in [0.15, 0.2) is 24.3 Å². The van der Waals surface area contributed by atoms with Gasteiger partial charge in [-0.15, -0.1) is 0 Å². The third-order valence-corrected chi connectivity index (χ3v) is 5.71. The molecule has 126 valence electrons. The molecule has 2 saturated carbocycles. The van der Waals surface area contributed by atoms with E-state index < -0.39 is 0 Å². The zero-order valence-corrected chi connectivity index (χ0v) is 13.2. The molecule has 1 aromatic carbocycles. The van der Waals surface area contributed by atoms with Gasteiger partial charge in [-0.25, -0.2) is 4.39 Å². The molecule has 3 fully saturated rings. The topological polar surface area (TPSA) is 66.5 Å². The quantitative estimate of drug-likeness (QED) is 0.861. The van der Waals surface area contributed by atoms with Gasteiger partial charge in [0.05, 0.1) is 11.8 Å². The van der Waals surface area contributed by atoms with Crippen LogP contribution in [0.3, 0.4) is 0 Å². The Morgan fingerprint density at radius 2 is 1.67 bits per heavy atom. The molecular weight excluding hydrogens is 311 g/mol. The number of carbonyl (C=O) groups excluding carboxylic acids is 3. The van der Waals surface area contributed by atoms with Crippen LogP contribution < -0.4 is 5.32 Å². The van der Waals surface area contributed by atoms with Crippen LogP contribution in [0.2, 0.25) is 0 Å². The molecule has 5 nitrogen and oxygen atoms in total. The fourth-order valence-corrected chi connectivity index (χ4v) is 4.66. The van der Waals surface area contributed by atoms with E-state index in [0.29, 0.717) is 17.5 Å². The van der Waals surface area contributed by atoms with E-state index in [-0.39, 0.29) is 48.3 Å². The third-order valence-electron chi connectivity index (χ3n) is 5.71. The van der Waals surface area contributed by atoms with Crippen molar-refractivity contribution in [3.63, 3.8) is 0 Å². The smallest absolute Gasteiger partial charge is 0.233 e. The minimum Gasteiger partial charge on any atom is -0.326 e. The van der Waals surface area contributed by atoms with Gasteiger partial charge in [0, 0.05) is 18.7 Å². The molecule has 3 amide bonds. The molecule has 1 saturated heterocycles. The molecule has 3 aliphatic rings. The fraction of sp³-hybridized carbons (Fsp3) is 0.500. The average molecular weight is 330 g/mol. The lowest BCUT2D eigenvalue weighted by atomic mass is 9.81. The summed E-state index contributed by atoms with van der Waals surface area (Å²) in [5, 5.41) is 2.65. The highest BCUT2D eigenvalue weighted by Gasteiger charge is 2.60. The highest BCUT2D eigenvalue weighted by molar-refractivity contribution is 6.06. The molecule has 1 N–H and O–H groups in total. The number of imide groups is 1. The maximum Gasteiger partial charge on any atom is 0.233 e. The lowest BCUT2D eigenvalue weighted by Crippen LogP contribution is -2.35. The molecular formula is C18H19FN2O3. The normalized spacial score (nSPS) is 30.8. The van der Waals surface area contributed by atoms with Crippen molar-refractivity contribution >= 4 is 23.4 Å². The summed E-state index contributed by atoms with van der Waals surface area (Å²) in [4.78, 5) is 38.3. The number of fused-ring (bicyclic) bond motifs is 5. The SMILES string of the molecule is O=C(CCN1C(=O)[C@@H]2[C@@H]3CC[C@H](C3)[C@@H]2C1=O)Nc1ccc(F)cc1. The Labute approximate surface area is 139 Å². The van der Waals surface area contributed by atoms with Gasteiger partial charge in [0.25, 0.3) is 0 Å². The second kappa shape index (κ2) is 5.69. The predicted molar refractivity (Wildman–Crippen MR) is 84.2 cm³/mol. The summed E-state index contributed by atoms with van der Waals surface area (Å²) in [6.45, 7) is 0.122. The van der Waals surface area contributed by atoms with Crippen molar-refractivity contribution < 1.29 is 18.8 Å². The van der Waals surface area contributed by atoms with Gasteiger partial charge in [-0.3, -0.25) is 19.3 Å². The van der Waals surface area contributed by atoms with Crippen molar-refractivity contribution in [3.05, 3.63) is 30.1 Å². The van der Waals surface area contributed by atoms with E-state index in [4.69, 9.17) is 0 Å². The maximum absolute atomic E-state index is 12.8. The predicted octanol–water partition coefficient (Wildman–Crippen LogP) is 2.19. The largest absolute Gasteiger partial charge is 0.326 e. The number of hydrogen-bond donors (Lipinski definition) is 1. The molecule has 1 aliphatic heterocycles. The summed E-state index contributed by atoms with van der Waals surface area (Å²) in [6.07, 6.45) is 3.16. The Hall–Kier alpha value is -2.24. The molecule has 2 aliphatic carbocycles. The van der Waals surface area contributed by atoms with E-state index in [1.54, 1.807) is 0 Å². The molecule has 1 heterocycles. The van der Waals surface area contributed by atoms with Gasteiger partial charge in [-0.1, -0.05) is 0 Å². The van der Waals surface area contributed by atoms with E-state index in [1.807, 2.05) is 0 Å². The highest BCUT2D eigenvalue weighted by atomic mass is 19.1. The Morgan fingerprint density at radius 3 is 2.25 bits per heavy atom. The second-order valence-corrected chi connectivity index (χ2v) is 7.02. The van der Waals surface area contributed by atoms with Gasteiger partial charge in [0.2, 0.25) is 17.7 Å². The summed E-state index contributed by atoms with van der Waals surface area (Å²) in [6, 6.07) is 5.48. The molecule has 0 aromatic heterocycles. The standard InChI is InChI=1S/C18H19FN2O3/c19-12-3-5-13(6-4-12)20-14(22)7-8-21-17(23)15-10-1-2-11(9-10)16(15)18(21)24/h3-6,10-11,15-16H,1-2,7-9H2,(H,20,22)/t10-,11-,15-,16+/m1/s1. The third kappa shape index (κ3) is 2.41. The van der Waals surface area contributed by atoms with Crippen LogP contribution in [-0.4, -0.2) is 29.2 Å². The van der Waals surface area contributed by atoms with Gasteiger partial charge in [-0.05, 0) is 55.4 Å². The molecule has 6 heteroatoms. The summed E-state index contributed by atoms with van der Waals surface area (Å²) in [7, 11) is 0. The Bertz CT molecular complexity index is 675. The summed E-state index contributed by atoms with van der Waals surface area (Å²) in [5.41, 5.74) is 0.496. The first-order chi connectivity index (χ1) is 11.5. The Morgan fingerprint density at radius 1 is 1.08 bits per heavy atom. The van der Waals surface area contributed by atoms with Gasteiger partial charge >= 0.3 is 0 Å². The molecule has 2 bridgehead atoms. The van der Waals surface area contributed by atoms with Crippen LogP contribution in [0.25, 0.3) is 0 Å². The Kier molecular flexibility index (Phi) is 3.62. The van der Waals surface area contributed by atoms with Crippen molar-refractivity contribution in [2.75, 3.05) is 11.9 Å². The minimum absolute atomic E-state index is 0.0592. The van der Waals surface area contributed by atoms with Crippen LogP contribution in [0.1, 0.15) is 25.7 Å². The monoisotopic (exact) mass is 330 g/mol. The number of nitrogens with one attached hydrogen (secondary N) is 1. The zero-order chi connectivity index (χ0) is 16.8. The lowest BCUT2D eigenvalue weighted by molar-refractivity contribution is -0.140. The van der Waals surface area contributed by atoms with Crippen molar-refractivity contribution in [1.82, 2.24) is 4.90 Å². The number of benzene rings is 1. The van der Waals surface area contributed by atoms with Crippen molar-refractivity contribution in [3.8, 4) is 0 Å². The maximum atomic E-state index is 12.8. The van der Waals surface area contributed by atoms with E-state index >= 15 is 0 Å². The number of amides is 3.